The first-order valence-corrected chi connectivity index (χ1v) is 4.08. The molecule has 1 aromatic carbocycles. The van der Waals surface area contributed by atoms with E-state index in [-0.39, 0.29) is 36.2 Å². The van der Waals surface area contributed by atoms with E-state index in [1.165, 1.54) is 0 Å². The zero-order valence-electron chi connectivity index (χ0n) is 8.43. The Kier molecular flexibility index (Phi) is 7.03. The topological polar surface area (TPSA) is 66.4 Å². The van der Waals surface area contributed by atoms with Crippen LogP contribution in [0.1, 0.15) is 12.0 Å². The quantitative estimate of drug-likeness (QED) is 0.303. The molecule has 0 aromatic heterocycles. The van der Waals surface area contributed by atoms with Crippen molar-refractivity contribution in [2.45, 2.75) is 13.0 Å². The average Bonchev–Trinajstić information content (AvgIpc) is 2.15. The number of aliphatic carboxylic acids is 1. The van der Waals surface area contributed by atoms with E-state index in [1.54, 1.807) is 12.1 Å². The van der Waals surface area contributed by atoms with Crippen LogP contribution in [0.3, 0.4) is 0 Å². The number of benzene rings is 1. The SMILES string of the molecule is O=C([O-])CC(=O)OCc1ccccc1.[Na+]. The van der Waals surface area contributed by atoms with Crippen molar-refractivity contribution in [1.82, 2.24) is 0 Å². The number of carbonyl (C=O) groups excluding carboxylic acids is 2. The van der Waals surface area contributed by atoms with Crippen LogP contribution in [-0.4, -0.2) is 11.9 Å². The van der Waals surface area contributed by atoms with Gasteiger partial charge in [0, 0.05) is 0 Å². The maximum Gasteiger partial charge on any atom is 1.00 e. The number of rotatable bonds is 4. The third-order valence-corrected chi connectivity index (χ3v) is 1.53. The second-order valence-corrected chi connectivity index (χ2v) is 2.70. The third kappa shape index (κ3) is 6.28. The summed E-state index contributed by atoms with van der Waals surface area (Å²) >= 11 is 0. The van der Waals surface area contributed by atoms with Gasteiger partial charge in [0.25, 0.3) is 0 Å². The Morgan fingerprint density at radius 2 is 1.80 bits per heavy atom. The predicted octanol–water partition coefficient (Wildman–Crippen LogP) is -3.13. The van der Waals surface area contributed by atoms with E-state index in [9.17, 15) is 14.7 Å². The van der Waals surface area contributed by atoms with E-state index in [2.05, 4.69) is 4.74 Å². The van der Waals surface area contributed by atoms with Gasteiger partial charge in [-0.3, -0.25) is 4.79 Å². The summed E-state index contributed by atoms with van der Waals surface area (Å²) in [5, 5.41) is 10.0. The van der Waals surface area contributed by atoms with Crippen molar-refractivity contribution < 1.29 is 49.0 Å². The molecule has 15 heavy (non-hydrogen) atoms. The number of hydrogen-bond acceptors (Lipinski definition) is 4. The predicted molar refractivity (Wildman–Crippen MR) is 45.9 cm³/mol. The fourth-order valence-electron chi connectivity index (χ4n) is 0.907. The van der Waals surface area contributed by atoms with Gasteiger partial charge in [0.15, 0.2) is 0 Å². The minimum absolute atomic E-state index is 0. The largest absolute Gasteiger partial charge is 1.00 e. The number of ether oxygens (including phenoxy) is 1. The Morgan fingerprint density at radius 1 is 1.20 bits per heavy atom. The minimum atomic E-state index is -1.43. The molecule has 5 heteroatoms. The maximum absolute atomic E-state index is 10.8. The Morgan fingerprint density at radius 3 is 2.33 bits per heavy atom. The zero-order chi connectivity index (χ0) is 10.4. The van der Waals surface area contributed by atoms with Crippen molar-refractivity contribution in [3.63, 3.8) is 0 Å². The molecule has 1 aromatic rings. The molecule has 0 amide bonds. The molecule has 0 saturated heterocycles. The van der Waals surface area contributed by atoms with Crippen LogP contribution in [0.4, 0.5) is 0 Å². The van der Waals surface area contributed by atoms with Gasteiger partial charge in [0.05, 0.1) is 12.4 Å². The summed E-state index contributed by atoms with van der Waals surface area (Å²) in [5.74, 6) is -2.21. The summed E-state index contributed by atoms with van der Waals surface area (Å²) < 4.78 is 4.68. The Labute approximate surface area is 110 Å². The second-order valence-electron chi connectivity index (χ2n) is 2.70. The molecule has 0 radical (unpaired) electrons. The van der Waals surface area contributed by atoms with Gasteiger partial charge < -0.3 is 14.6 Å². The fraction of sp³-hybridized carbons (Fsp3) is 0.200. The molecule has 0 unspecified atom stereocenters. The van der Waals surface area contributed by atoms with E-state index >= 15 is 0 Å². The standard InChI is InChI=1S/C10H10O4.Na/c11-9(12)6-10(13)14-7-8-4-2-1-3-5-8;/h1-5H,6-7H2,(H,11,12);/q;+1/p-1. The molecular formula is C10H9NaO4. The molecule has 0 atom stereocenters. The Hall–Kier alpha value is -0.840. The summed E-state index contributed by atoms with van der Waals surface area (Å²) in [4.78, 5) is 20.8. The minimum Gasteiger partial charge on any atom is -0.550 e. The van der Waals surface area contributed by atoms with Crippen LogP contribution in [0.5, 0.6) is 0 Å². The molecule has 4 nitrogen and oxygen atoms in total. The molecule has 0 aliphatic heterocycles. The summed E-state index contributed by atoms with van der Waals surface area (Å²) in [6, 6.07) is 9.02. The van der Waals surface area contributed by atoms with Gasteiger partial charge in [-0.05, 0) is 5.56 Å². The molecule has 0 heterocycles. The summed E-state index contributed by atoms with van der Waals surface area (Å²) in [5.41, 5.74) is 0.819. The molecule has 0 saturated carbocycles. The van der Waals surface area contributed by atoms with Crippen molar-refractivity contribution in [1.29, 1.82) is 0 Å². The van der Waals surface area contributed by atoms with E-state index in [4.69, 9.17) is 0 Å². The van der Waals surface area contributed by atoms with Crippen LogP contribution in [0, 0.1) is 0 Å². The fourth-order valence-corrected chi connectivity index (χ4v) is 0.907. The van der Waals surface area contributed by atoms with Crippen molar-refractivity contribution in [2.24, 2.45) is 0 Å². The molecule has 0 aliphatic carbocycles. The molecule has 0 bridgehead atoms. The van der Waals surface area contributed by atoms with Crippen molar-refractivity contribution >= 4 is 11.9 Å². The number of carbonyl (C=O) groups is 2. The first kappa shape index (κ1) is 14.2. The third-order valence-electron chi connectivity index (χ3n) is 1.53. The van der Waals surface area contributed by atoms with Crippen molar-refractivity contribution in [2.75, 3.05) is 0 Å². The first-order chi connectivity index (χ1) is 6.68. The van der Waals surface area contributed by atoms with Gasteiger partial charge in [0.2, 0.25) is 0 Å². The monoisotopic (exact) mass is 216 g/mol. The summed E-state index contributed by atoms with van der Waals surface area (Å²) in [6.07, 6.45) is -0.702. The average molecular weight is 216 g/mol. The van der Waals surface area contributed by atoms with Crippen LogP contribution >= 0.6 is 0 Å². The molecule has 74 valence electrons. The molecule has 1 rings (SSSR count). The van der Waals surface area contributed by atoms with Crippen molar-refractivity contribution in [3.8, 4) is 0 Å². The van der Waals surface area contributed by atoms with Gasteiger partial charge in [-0.1, -0.05) is 30.3 Å². The van der Waals surface area contributed by atoms with E-state index in [0.29, 0.717) is 0 Å². The van der Waals surface area contributed by atoms with Crippen LogP contribution in [0.15, 0.2) is 30.3 Å². The summed E-state index contributed by atoms with van der Waals surface area (Å²) in [6.45, 7) is 0.0902. The van der Waals surface area contributed by atoms with E-state index < -0.39 is 18.4 Å². The van der Waals surface area contributed by atoms with Gasteiger partial charge in [-0.15, -0.1) is 0 Å². The maximum atomic E-state index is 10.8. The smallest absolute Gasteiger partial charge is 0.550 e. The first-order valence-electron chi connectivity index (χ1n) is 4.08. The number of carboxylic acids is 1. The number of esters is 1. The van der Waals surface area contributed by atoms with Gasteiger partial charge in [-0.25, -0.2) is 0 Å². The molecule has 0 spiro atoms. The Balaban J connectivity index is 0.00000196. The van der Waals surface area contributed by atoms with Crippen molar-refractivity contribution in [3.05, 3.63) is 35.9 Å². The number of carboxylic acid groups (broad SMARTS) is 1. The van der Waals surface area contributed by atoms with Crippen LogP contribution < -0.4 is 34.7 Å². The molecular weight excluding hydrogens is 207 g/mol. The van der Waals surface area contributed by atoms with Crippen LogP contribution in [0.2, 0.25) is 0 Å². The summed E-state index contributed by atoms with van der Waals surface area (Å²) in [7, 11) is 0. The van der Waals surface area contributed by atoms with E-state index in [0.717, 1.165) is 5.56 Å². The number of hydrogen-bond donors (Lipinski definition) is 0. The van der Waals surface area contributed by atoms with Crippen LogP contribution in [0.25, 0.3) is 0 Å². The Bertz CT molecular complexity index is 323. The van der Waals surface area contributed by atoms with Gasteiger partial charge in [0.1, 0.15) is 6.61 Å². The van der Waals surface area contributed by atoms with Crippen LogP contribution in [-0.2, 0) is 20.9 Å². The van der Waals surface area contributed by atoms with E-state index in [1.807, 2.05) is 18.2 Å². The molecule has 0 fully saturated rings. The van der Waals surface area contributed by atoms with Gasteiger partial charge in [-0.2, -0.15) is 0 Å². The zero-order valence-corrected chi connectivity index (χ0v) is 10.4. The molecule has 0 aliphatic rings. The second kappa shape index (κ2) is 7.45. The molecule has 0 N–H and O–H groups in total. The van der Waals surface area contributed by atoms with Gasteiger partial charge >= 0.3 is 35.5 Å². The normalized spacial score (nSPS) is 8.80.